The second kappa shape index (κ2) is 9.98. The Kier molecular flexibility index (Phi) is 9.04. The molecule has 0 bridgehead atoms. The number of piperidine rings is 1. The van der Waals surface area contributed by atoms with Gasteiger partial charge in [-0.1, -0.05) is 6.42 Å². The Labute approximate surface area is 124 Å². The van der Waals surface area contributed by atoms with Crippen molar-refractivity contribution in [1.29, 1.82) is 0 Å². The smallest absolute Gasteiger partial charge is 0.0465 e. The van der Waals surface area contributed by atoms with Crippen LogP contribution in [-0.4, -0.2) is 51.3 Å². The fourth-order valence-corrected chi connectivity index (χ4v) is 3.45. The first-order valence-corrected chi connectivity index (χ1v) is 7.80. The lowest BCUT2D eigenvalue weighted by molar-refractivity contribution is 0.150. The maximum absolute atomic E-state index is 5.24. The van der Waals surface area contributed by atoms with Crippen LogP contribution in [0.2, 0.25) is 0 Å². The monoisotopic (exact) mass is 290 g/mol. The lowest BCUT2D eigenvalue weighted by atomic mass is 9.97. The average Bonchev–Trinajstić information content (AvgIpc) is 2.63. The molecule has 0 aromatic rings. The van der Waals surface area contributed by atoms with Gasteiger partial charge in [-0.3, -0.25) is 0 Å². The minimum atomic E-state index is 0. The first-order chi connectivity index (χ1) is 8.88. The summed E-state index contributed by atoms with van der Waals surface area (Å²) in [4.78, 5) is 2.73. The molecule has 114 valence electrons. The number of halogens is 1. The quantitative estimate of drug-likeness (QED) is 0.842. The van der Waals surface area contributed by atoms with E-state index in [1.807, 2.05) is 7.11 Å². The van der Waals surface area contributed by atoms with Gasteiger partial charge in [-0.05, 0) is 63.6 Å². The van der Waals surface area contributed by atoms with Gasteiger partial charge in [0, 0.05) is 26.8 Å². The van der Waals surface area contributed by atoms with Gasteiger partial charge in [0.1, 0.15) is 0 Å². The van der Waals surface area contributed by atoms with Crippen LogP contribution < -0.4 is 5.32 Å². The molecule has 0 aromatic heterocycles. The van der Waals surface area contributed by atoms with E-state index >= 15 is 0 Å². The number of ether oxygens (including phenoxy) is 1. The lowest BCUT2D eigenvalue weighted by Gasteiger charge is -2.31. The Morgan fingerprint density at radius 2 is 2.00 bits per heavy atom. The highest BCUT2D eigenvalue weighted by atomic mass is 35.5. The Morgan fingerprint density at radius 3 is 2.74 bits per heavy atom. The number of nitrogens with zero attached hydrogens (tertiary/aromatic N) is 1. The van der Waals surface area contributed by atoms with Gasteiger partial charge in [-0.15, -0.1) is 12.4 Å². The van der Waals surface area contributed by atoms with E-state index in [0.29, 0.717) is 0 Å². The normalized spacial score (nSPS) is 29.5. The predicted molar refractivity (Wildman–Crippen MR) is 83.1 cm³/mol. The zero-order valence-corrected chi connectivity index (χ0v) is 13.2. The van der Waals surface area contributed by atoms with Crippen molar-refractivity contribution in [1.82, 2.24) is 10.2 Å². The molecule has 19 heavy (non-hydrogen) atoms. The molecule has 0 saturated carbocycles. The Bertz CT molecular complexity index is 222. The summed E-state index contributed by atoms with van der Waals surface area (Å²) in [6.07, 6.45) is 8.24. The fraction of sp³-hybridized carbons (Fsp3) is 1.00. The van der Waals surface area contributed by atoms with Crippen molar-refractivity contribution in [2.45, 2.75) is 38.5 Å². The third-order valence-electron chi connectivity index (χ3n) is 4.50. The Balaban J connectivity index is 0.00000180. The average molecular weight is 291 g/mol. The Morgan fingerprint density at radius 1 is 1.16 bits per heavy atom. The topological polar surface area (TPSA) is 24.5 Å². The molecule has 2 fully saturated rings. The second-order valence-electron chi connectivity index (χ2n) is 6.12. The highest BCUT2D eigenvalue weighted by Crippen LogP contribution is 2.21. The van der Waals surface area contributed by atoms with Gasteiger partial charge in [0.05, 0.1) is 0 Å². The van der Waals surface area contributed by atoms with Crippen LogP contribution in [-0.2, 0) is 4.74 Å². The minimum absolute atomic E-state index is 0. The van der Waals surface area contributed by atoms with Crippen molar-refractivity contribution < 1.29 is 4.74 Å². The molecule has 2 aliphatic rings. The highest BCUT2D eigenvalue weighted by Gasteiger charge is 2.21. The summed E-state index contributed by atoms with van der Waals surface area (Å²) < 4.78 is 5.24. The molecule has 0 amide bonds. The van der Waals surface area contributed by atoms with Crippen LogP contribution in [0.1, 0.15) is 38.5 Å². The number of hydrogen-bond acceptors (Lipinski definition) is 3. The molecule has 2 rings (SSSR count). The lowest BCUT2D eigenvalue weighted by Crippen LogP contribution is -2.39. The summed E-state index contributed by atoms with van der Waals surface area (Å²) in [5, 5.41) is 3.54. The zero-order valence-electron chi connectivity index (χ0n) is 12.4. The van der Waals surface area contributed by atoms with E-state index in [1.165, 1.54) is 71.2 Å². The summed E-state index contributed by atoms with van der Waals surface area (Å²) in [5.74, 6) is 1.75. The molecule has 2 atom stereocenters. The van der Waals surface area contributed by atoms with Crippen LogP contribution in [0.25, 0.3) is 0 Å². The van der Waals surface area contributed by atoms with Crippen LogP contribution >= 0.6 is 12.4 Å². The SMILES string of the molecule is COCCC1CCCCN(CC2CCCNC2)C1.Cl. The van der Waals surface area contributed by atoms with Crippen molar-refractivity contribution in [2.75, 3.05) is 46.4 Å². The van der Waals surface area contributed by atoms with E-state index in [-0.39, 0.29) is 12.4 Å². The predicted octanol–water partition coefficient (Wildman–Crippen LogP) is 2.55. The van der Waals surface area contributed by atoms with E-state index in [9.17, 15) is 0 Å². The van der Waals surface area contributed by atoms with Gasteiger partial charge in [-0.25, -0.2) is 0 Å². The Hall–Kier alpha value is 0.170. The number of likely N-dealkylation sites (tertiary alicyclic amines) is 1. The largest absolute Gasteiger partial charge is 0.385 e. The molecule has 0 spiro atoms. The van der Waals surface area contributed by atoms with Crippen LogP contribution in [0.5, 0.6) is 0 Å². The number of nitrogens with one attached hydrogen (secondary N) is 1. The van der Waals surface area contributed by atoms with Crippen molar-refractivity contribution in [2.24, 2.45) is 11.8 Å². The van der Waals surface area contributed by atoms with Gasteiger partial charge in [0.25, 0.3) is 0 Å². The van der Waals surface area contributed by atoms with Crippen molar-refractivity contribution in [3.63, 3.8) is 0 Å². The van der Waals surface area contributed by atoms with E-state index in [1.54, 1.807) is 0 Å². The standard InChI is InChI=1S/C15H30N2O.ClH/c1-18-10-7-14-5-2-3-9-17(12-14)13-15-6-4-8-16-11-15;/h14-16H,2-13H2,1H3;1H. The summed E-state index contributed by atoms with van der Waals surface area (Å²) in [6, 6.07) is 0. The number of hydrogen-bond donors (Lipinski definition) is 1. The van der Waals surface area contributed by atoms with Gasteiger partial charge >= 0.3 is 0 Å². The van der Waals surface area contributed by atoms with Gasteiger partial charge in [0.15, 0.2) is 0 Å². The van der Waals surface area contributed by atoms with E-state index < -0.39 is 0 Å². The van der Waals surface area contributed by atoms with Crippen molar-refractivity contribution >= 4 is 12.4 Å². The molecular weight excluding hydrogens is 260 g/mol. The van der Waals surface area contributed by atoms with Crippen LogP contribution in [0.4, 0.5) is 0 Å². The first kappa shape index (κ1) is 17.2. The number of methoxy groups -OCH3 is 1. The summed E-state index contributed by atoms with van der Waals surface area (Å²) >= 11 is 0. The summed E-state index contributed by atoms with van der Waals surface area (Å²) in [5.41, 5.74) is 0. The van der Waals surface area contributed by atoms with Gasteiger partial charge in [-0.2, -0.15) is 0 Å². The van der Waals surface area contributed by atoms with Gasteiger partial charge in [0.2, 0.25) is 0 Å². The van der Waals surface area contributed by atoms with Gasteiger partial charge < -0.3 is 15.0 Å². The minimum Gasteiger partial charge on any atom is -0.385 e. The fourth-order valence-electron chi connectivity index (χ4n) is 3.45. The number of rotatable bonds is 5. The van der Waals surface area contributed by atoms with Crippen LogP contribution in [0, 0.1) is 11.8 Å². The van der Waals surface area contributed by atoms with E-state index in [4.69, 9.17) is 4.74 Å². The molecule has 2 heterocycles. The second-order valence-corrected chi connectivity index (χ2v) is 6.12. The zero-order chi connectivity index (χ0) is 12.6. The van der Waals surface area contributed by atoms with Crippen molar-refractivity contribution in [3.8, 4) is 0 Å². The molecule has 0 aromatic carbocycles. The third-order valence-corrected chi connectivity index (χ3v) is 4.50. The molecule has 2 saturated heterocycles. The maximum atomic E-state index is 5.24. The molecule has 2 aliphatic heterocycles. The summed E-state index contributed by atoms with van der Waals surface area (Å²) in [6.45, 7) is 7.34. The van der Waals surface area contributed by atoms with Crippen molar-refractivity contribution in [3.05, 3.63) is 0 Å². The van der Waals surface area contributed by atoms with Crippen LogP contribution in [0.3, 0.4) is 0 Å². The molecule has 2 unspecified atom stereocenters. The van der Waals surface area contributed by atoms with E-state index in [2.05, 4.69) is 10.2 Å². The maximum Gasteiger partial charge on any atom is 0.0465 e. The molecular formula is C15H31ClN2O. The molecule has 3 nitrogen and oxygen atoms in total. The molecule has 4 heteroatoms. The third kappa shape index (κ3) is 6.44. The molecule has 0 aliphatic carbocycles. The first-order valence-electron chi connectivity index (χ1n) is 7.80. The van der Waals surface area contributed by atoms with E-state index in [0.717, 1.165) is 18.4 Å². The highest BCUT2D eigenvalue weighted by molar-refractivity contribution is 5.85. The summed E-state index contributed by atoms with van der Waals surface area (Å²) in [7, 11) is 1.82. The molecule has 1 N–H and O–H groups in total. The van der Waals surface area contributed by atoms with Crippen LogP contribution in [0.15, 0.2) is 0 Å². The molecule has 0 radical (unpaired) electrons.